The van der Waals surface area contributed by atoms with E-state index < -0.39 is 0 Å². The van der Waals surface area contributed by atoms with Gasteiger partial charge in [-0.2, -0.15) is 0 Å². The minimum atomic E-state index is 0.267. The molecule has 1 N–H and O–H groups in total. The molecule has 1 saturated heterocycles. The molecule has 1 aromatic rings. The Kier molecular flexibility index (Phi) is 5.30. The lowest BCUT2D eigenvalue weighted by atomic mass is 10.0. The van der Waals surface area contributed by atoms with Crippen LogP contribution in [0.15, 0.2) is 0 Å². The number of nitrogens with zero attached hydrogens (tertiary/aromatic N) is 4. The van der Waals surface area contributed by atoms with Crippen molar-refractivity contribution in [2.24, 2.45) is 7.05 Å². The summed E-state index contributed by atoms with van der Waals surface area (Å²) in [5, 5.41) is 3.37. The number of rotatable bonds is 4. The SMILES string of the molecule is CNCC(c1c(C)nc(C)n1C)N1CCN(C(C)(C)C)CC1. The minimum absolute atomic E-state index is 0.267. The van der Waals surface area contributed by atoms with E-state index in [1.807, 2.05) is 7.05 Å². The number of imidazole rings is 1. The van der Waals surface area contributed by atoms with Crippen molar-refractivity contribution in [2.75, 3.05) is 39.8 Å². The summed E-state index contributed by atoms with van der Waals surface area (Å²) in [6.07, 6.45) is 0. The lowest BCUT2D eigenvalue weighted by Crippen LogP contribution is -2.55. The average molecular weight is 307 g/mol. The molecule has 2 rings (SSSR count). The van der Waals surface area contributed by atoms with Crippen LogP contribution < -0.4 is 5.32 Å². The largest absolute Gasteiger partial charge is 0.334 e. The van der Waals surface area contributed by atoms with Crippen LogP contribution in [0.2, 0.25) is 0 Å². The van der Waals surface area contributed by atoms with Gasteiger partial charge in [0.1, 0.15) is 5.82 Å². The number of hydrogen-bond acceptors (Lipinski definition) is 4. The second-order valence-electron chi connectivity index (χ2n) is 7.46. The van der Waals surface area contributed by atoms with Crippen LogP contribution in [0.25, 0.3) is 0 Å². The van der Waals surface area contributed by atoms with E-state index in [0.29, 0.717) is 6.04 Å². The van der Waals surface area contributed by atoms with Crippen molar-refractivity contribution in [2.45, 2.75) is 46.2 Å². The van der Waals surface area contributed by atoms with Crippen molar-refractivity contribution in [3.05, 3.63) is 17.2 Å². The Balaban J connectivity index is 2.16. The number of nitrogens with one attached hydrogen (secondary N) is 1. The summed E-state index contributed by atoms with van der Waals surface area (Å²) in [6.45, 7) is 16.6. The molecule has 2 heterocycles. The van der Waals surface area contributed by atoms with Gasteiger partial charge in [-0.1, -0.05) is 0 Å². The average Bonchev–Trinajstić information content (AvgIpc) is 2.69. The third-order valence-electron chi connectivity index (χ3n) is 4.96. The molecule has 126 valence electrons. The Morgan fingerprint density at radius 3 is 2.14 bits per heavy atom. The Morgan fingerprint density at radius 2 is 1.73 bits per heavy atom. The zero-order valence-corrected chi connectivity index (χ0v) is 15.4. The zero-order chi connectivity index (χ0) is 16.5. The van der Waals surface area contributed by atoms with Crippen molar-refractivity contribution < 1.29 is 0 Å². The Bertz CT molecular complexity index is 492. The molecule has 1 aliphatic rings. The van der Waals surface area contributed by atoms with E-state index in [9.17, 15) is 0 Å². The van der Waals surface area contributed by atoms with E-state index in [1.165, 1.54) is 11.4 Å². The van der Waals surface area contributed by atoms with Gasteiger partial charge in [-0.15, -0.1) is 0 Å². The van der Waals surface area contributed by atoms with E-state index in [-0.39, 0.29) is 5.54 Å². The van der Waals surface area contributed by atoms with Gasteiger partial charge in [0.25, 0.3) is 0 Å². The van der Waals surface area contributed by atoms with Gasteiger partial charge < -0.3 is 9.88 Å². The number of likely N-dealkylation sites (N-methyl/N-ethyl adjacent to an activating group) is 1. The monoisotopic (exact) mass is 307 g/mol. The van der Waals surface area contributed by atoms with E-state index in [1.54, 1.807) is 0 Å². The fourth-order valence-electron chi connectivity index (χ4n) is 3.55. The predicted octanol–water partition coefficient (Wildman–Crippen LogP) is 1.71. The third-order valence-corrected chi connectivity index (χ3v) is 4.96. The van der Waals surface area contributed by atoms with Gasteiger partial charge in [-0.3, -0.25) is 9.80 Å². The highest BCUT2D eigenvalue weighted by molar-refractivity contribution is 5.20. The van der Waals surface area contributed by atoms with E-state index in [2.05, 4.69) is 66.3 Å². The summed E-state index contributed by atoms with van der Waals surface area (Å²) in [5.41, 5.74) is 2.79. The number of piperazine rings is 1. The van der Waals surface area contributed by atoms with Crippen molar-refractivity contribution in [3.63, 3.8) is 0 Å². The lowest BCUT2D eigenvalue weighted by molar-refractivity contribution is 0.0403. The Labute approximate surface area is 135 Å². The number of aryl methyl sites for hydroxylation is 2. The molecule has 1 fully saturated rings. The van der Waals surface area contributed by atoms with Gasteiger partial charge in [0.2, 0.25) is 0 Å². The number of hydrogen-bond donors (Lipinski definition) is 1. The highest BCUT2D eigenvalue weighted by Gasteiger charge is 2.31. The summed E-state index contributed by atoms with van der Waals surface area (Å²) in [7, 11) is 4.18. The fraction of sp³-hybridized carbons (Fsp3) is 0.824. The standard InChI is InChI=1S/C17H33N5/c1-13-16(20(7)14(2)19-13)15(12-18-6)21-8-10-22(11-9-21)17(3,4)5/h15,18H,8-12H2,1-7H3. The molecule has 1 atom stereocenters. The molecule has 1 aliphatic heterocycles. The summed E-state index contributed by atoms with van der Waals surface area (Å²) >= 11 is 0. The van der Waals surface area contributed by atoms with Crippen molar-refractivity contribution in [1.29, 1.82) is 0 Å². The molecule has 0 amide bonds. The molecule has 5 heteroatoms. The summed E-state index contributed by atoms with van der Waals surface area (Å²) < 4.78 is 2.26. The van der Waals surface area contributed by atoms with E-state index in [4.69, 9.17) is 0 Å². The molecule has 0 aliphatic carbocycles. The van der Waals surface area contributed by atoms with Crippen LogP contribution in [0.3, 0.4) is 0 Å². The highest BCUT2D eigenvalue weighted by atomic mass is 15.3. The van der Waals surface area contributed by atoms with E-state index >= 15 is 0 Å². The van der Waals surface area contributed by atoms with Gasteiger partial charge in [0.05, 0.1) is 17.4 Å². The van der Waals surface area contributed by atoms with Gasteiger partial charge in [-0.25, -0.2) is 4.98 Å². The lowest BCUT2D eigenvalue weighted by Gasteiger charge is -2.44. The fourth-order valence-corrected chi connectivity index (χ4v) is 3.55. The molecule has 0 aromatic carbocycles. The van der Waals surface area contributed by atoms with Gasteiger partial charge >= 0.3 is 0 Å². The molecular formula is C17H33N5. The normalized spacial score (nSPS) is 19.6. The second kappa shape index (κ2) is 6.69. The predicted molar refractivity (Wildman–Crippen MR) is 92.2 cm³/mol. The minimum Gasteiger partial charge on any atom is -0.334 e. The summed E-state index contributed by atoms with van der Waals surface area (Å²) in [6, 6.07) is 0.401. The van der Waals surface area contributed by atoms with Crippen LogP contribution in [0, 0.1) is 13.8 Å². The van der Waals surface area contributed by atoms with Crippen molar-refractivity contribution in [1.82, 2.24) is 24.7 Å². The Hall–Kier alpha value is -0.910. The molecule has 22 heavy (non-hydrogen) atoms. The van der Waals surface area contributed by atoms with E-state index in [0.717, 1.165) is 38.5 Å². The maximum Gasteiger partial charge on any atom is 0.105 e. The van der Waals surface area contributed by atoms with Gasteiger partial charge in [-0.05, 0) is 41.7 Å². The quantitative estimate of drug-likeness (QED) is 0.919. The topological polar surface area (TPSA) is 36.3 Å². The molecule has 1 aromatic heterocycles. The van der Waals surface area contributed by atoms with Crippen LogP contribution in [0.5, 0.6) is 0 Å². The van der Waals surface area contributed by atoms with Crippen molar-refractivity contribution >= 4 is 0 Å². The van der Waals surface area contributed by atoms with Gasteiger partial charge in [0, 0.05) is 45.3 Å². The van der Waals surface area contributed by atoms with Crippen LogP contribution in [0.4, 0.5) is 0 Å². The summed E-state index contributed by atoms with van der Waals surface area (Å²) in [4.78, 5) is 9.86. The maximum atomic E-state index is 4.66. The van der Waals surface area contributed by atoms with Crippen LogP contribution in [0.1, 0.15) is 44.0 Å². The van der Waals surface area contributed by atoms with Crippen molar-refractivity contribution in [3.8, 4) is 0 Å². The maximum absolute atomic E-state index is 4.66. The Morgan fingerprint density at radius 1 is 1.14 bits per heavy atom. The number of aromatic nitrogens is 2. The molecule has 0 bridgehead atoms. The molecule has 0 saturated carbocycles. The van der Waals surface area contributed by atoms with Crippen LogP contribution in [-0.2, 0) is 7.05 Å². The first kappa shape index (κ1) is 17.4. The first-order chi connectivity index (χ1) is 10.3. The molecular weight excluding hydrogens is 274 g/mol. The molecule has 0 radical (unpaired) electrons. The zero-order valence-electron chi connectivity index (χ0n) is 15.4. The smallest absolute Gasteiger partial charge is 0.105 e. The third kappa shape index (κ3) is 3.53. The molecule has 0 spiro atoms. The summed E-state index contributed by atoms with van der Waals surface area (Å²) in [5.74, 6) is 1.10. The molecule has 5 nitrogen and oxygen atoms in total. The van der Waals surface area contributed by atoms with Crippen LogP contribution in [-0.4, -0.2) is 64.7 Å². The first-order valence-corrected chi connectivity index (χ1v) is 8.39. The first-order valence-electron chi connectivity index (χ1n) is 8.39. The highest BCUT2D eigenvalue weighted by Crippen LogP contribution is 2.26. The molecule has 1 unspecified atom stereocenters. The second-order valence-corrected chi connectivity index (χ2v) is 7.46. The van der Waals surface area contributed by atoms with Gasteiger partial charge in [0.15, 0.2) is 0 Å². The van der Waals surface area contributed by atoms with Crippen LogP contribution >= 0.6 is 0 Å².